The van der Waals surface area contributed by atoms with E-state index in [0.29, 0.717) is 12.8 Å². The first-order valence-corrected chi connectivity index (χ1v) is 5.49. The van der Waals surface area contributed by atoms with Crippen molar-refractivity contribution in [2.45, 2.75) is 46.0 Å². The second-order valence-electron chi connectivity index (χ2n) is 4.22. The largest absolute Gasteiger partial charge is 0.271 e. The van der Waals surface area contributed by atoms with Crippen LogP contribution in [-0.2, 0) is 0 Å². The van der Waals surface area contributed by atoms with E-state index < -0.39 is 18.5 Å². The molecule has 2 atom stereocenters. The Kier molecular flexibility index (Phi) is 5.99. The van der Waals surface area contributed by atoms with Crippen LogP contribution in [0.1, 0.15) is 40.0 Å². The zero-order chi connectivity index (χ0) is 12.1. The maximum Gasteiger partial charge on any atom is 0.271 e. The van der Waals surface area contributed by atoms with Gasteiger partial charge in [0.25, 0.3) is 5.92 Å². The Labute approximate surface area is 90.6 Å². The van der Waals surface area contributed by atoms with Crippen molar-refractivity contribution in [3.8, 4) is 0 Å². The summed E-state index contributed by atoms with van der Waals surface area (Å²) in [5.74, 6) is -4.03. The molecule has 0 N–H and O–H groups in total. The lowest BCUT2D eigenvalue weighted by molar-refractivity contribution is -0.0392. The maximum absolute atomic E-state index is 13.7. The van der Waals surface area contributed by atoms with Crippen molar-refractivity contribution in [1.29, 1.82) is 0 Å². The van der Waals surface area contributed by atoms with Gasteiger partial charge in [-0.2, -0.15) is 0 Å². The molecule has 0 aromatic heterocycles. The van der Waals surface area contributed by atoms with E-state index in [4.69, 9.17) is 0 Å². The molecule has 0 amide bonds. The molecule has 0 aliphatic heterocycles. The van der Waals surface area contributed by atoms with Gasteiger partial charge in [-0.1, -0.05) is 33.8 Å². The van der Waals surface area contributed by atoms with Gasteiger partial charge in [0.2, 0.25) is 0 Å². The average molecular weight is 222 g/mol. The average Bonchev–Trinajstić information content (AvgIpc) is 2.17. The normalized spacial score (nSPS) is 16.1. The van der Waals surface area contributed by atoms with Crippen molar-refractivity contribution in [3.63, 3.8) is 0 Å². The second-order valence-corrected chi connectivity index (χ2v) is 4.22. The lowest BCUT2D eigenvalue weighted by Gasteiger charge is -2.29. The lowest BCUT2D eigenvalue weighted by atomic mass is 9.83. The molecule has 0 bridgehead atoms. The van der Waals surface area contributed by atoms with E-state index >= 15 is 0 Å². The third kappa shape index (κ3) is 3.88. The highest BCUT2D eigenvalue weighted by atomic mass is 19.3. The molecule has 0 radical (unpaired) electrons. The summed E-state index contributed by atoms with van der Waals surface area (Å²) in [6.07, 6.45) is 1.19. The van der Waals surface area contributed by atoms with Crippen LogP contribution in [-0.4, -0.2) is 12.6 Å². The molecule has 0 aliphatic rings. The zero-order valence-electron chi connectivity index (χ0n) is 9.82. The maximum atomic E-state index is 13.7. The van der Waals surface area contributed by atoms with Gasteiger partial charge in [0.15, 0.2) is 0 Å². The summed E-state index contributed by atoms with van der Waals surface area (Å²) in [7, 11) is 0. The van der Waals surface area contributed by atoms with E-state index in [1.54, 1.807) is 6.92 Å². The number of halogens is 3. The fourth-order valence-electron chi connectivity index (χ4n) is 1.57. The summed E-state index contributed by atoms with van der Waals surface area (Å²) < 4.78 is 39.6. The zero-order valence-corrected chi connectivity index (χ0v) is 9.82. The molecule has 2 unspecified atom stereocenters. The summed E-state index contributed by atoms with van der Waals surface area (Å²) in [6.45, 7) is 7.88. The van der Waals surface area contributed by atoms with E-state index in [1.807, 2.05) is 6.92 Å². The van der Waals surface area contributed by atoms with Gasteiger partial charge in [-0.25, -0.2) is 8.78 Å². The monoisotopic (exact) mass is 222 g/mol. The Morgan fingerprint density at radius 1 is 1.33 bits per heavy atom. The van der Waals surface area contributed by atoms with Gasteiger partial charge in [0, 0.05) is 5.92 Å². The van der Waals surface area contributed by atoms with Crippen LogP contribution < -0.4 is 0 Å². The van der Waals surface area contributed by atoms with Crippen LogP contribution in [0.3, 0.4) is 0 Å². The van der Waals surface area contributed by atoms with Crippen molar-refractivity contribution in [1.82, 2.24) is 0 Å². The lowest BCUT2D eigenvalue weighted by Crippen LogP contribution is -2.32. The smallest absolute Gasteiger partial charge is 0.251 e. The molecule has 0 spiro atoms. The number of alkyl halides is 3. The molecule has 0 saturated heterocycles. The van der Waals surface area contributed by atoms with E-state index in [0.717, 1.165) is 0 Å². The molecule has 90 valence electrons. The third-order valence-electron chi connectivity index (χ3n) is 3.01. The second kappa shape index (κ2) is 6.19. The van der Waals surface area contributed by atoms with Crippen LogP contribution in [0.15, 0.2) is 12.2 Å². The predicted octanol–water partition coefficient (Wildman–Crippen LogP) is 4.61. The summed E-state index contributed by atoms with van der Waals surface area (Å²) in [5, 5.41) is 0. The van der Waals surface area contributed by atoms with Crippen molar-refractivity contribution >= 4 is 0 Å². The highest BCUT2D eigenvalue weighted by molar-refractivity contribution is 5.09. The van der Waals surface area contributed by atoms with Gasteiger partial charge in [-0.15, -0.1) is 0 Å². The molecular formula is C12H21F3. The molecule has 0 fully saturated rings. The summed E-state index contributed by atoms with van der Waals surface area (Å²) >= 11 is 0. The molecule has 0 aromatic rings. The predicted molar refractivity (Wildman–Crippen MR) is 57.9 cm³/mol. The van der Waals surface area contributed by atoms with Crippen molar-refractivity contribution in [2.24, 2.45) is 11.8 Å². The fraction of sp³-hybridized carbons (Fsp3) is 0.833. The Morgan fingerprint density at radius 3 is 2.27 bits per heavy atom. The Morgan fingerprint density at radius 2 is 1.87 bits per heavy atom. The molecule has 0 saturated carbocycles. The first-order chi connectivity index (χ1) is 6.87. The van der Waals surface area contributed by atoms with E-state index in [-0.39, 0.29) is 17.9 Å². The summed E-state index contributed by atoms with van der Waals surface area (Å²) in [6, 6.07) is 0. The quantitative estimate of drug-likeness (QED) is 0.552. The SMILES string of the molecule is C=C(CCC)C(F)(F)C(C)C(C)CCF. The summed E-state index contributed by atoms with van der Waals surface area (Å²) in [4.78, 5) is 0. The Balaban J connectivity index is 4.48. The van der Waals surface area contributed by atoms with Crippen LogP contribution in [0.4, 0.5) is 13.2 Å². The molecule has 0 nitrogen and oxygen atoms in total. The van der Waals surface area contributed by atoms with E-state index in [2.05, 4.69) is 6.58 Å². The molecule has 0 aliphatic carbocycles. The van der Waals surface area contributed by atoms with E-state index in [1.165, 1.54) is 6.92 Å². The van der Waals surface area contributed by atoms with Crippen molar-refractivity contribution in [3.05, 3.63) is 12.2 Å². The molecule has 0 rings (SSSR count). The molecule has 3 heteroatoms. The Hall–Kier alpha value is -0.470. The molecule has 0 aromatic carbocycles. The van der Waals surface area contributed by atoms with Crippen molar-refractivity contribution < 1.29 is 13.2 Å². The minimum Gasteiger partial charge on any atom is -0.251 e. The van der Waals surface area contributed by atoms with Crippen molar-refractivity contribution in [2.75, 3.05) is 6.67 Å². The molecule has 15 heavy (non-hydrogen) atoms. The van der Waals surface area contributed by atoms with Crippen LogP contribution in [0.5, 0.6) is 0 Å². The summed E-state index contributed by atoms with van der Waals surface area (Å²) in [5.41, 5.74) is -0.0248. The van der Waals surface area contributed by atoms with Gasteiger partial charge in [-0.3, -0.25) is 4.39 Å². The Bertz CT molecular complexity index is 199. The molecular weight excluding hydrogens is 201 g/mol. The van der Waals surface area contributed by atoms with Gasteiger partial charge in [-0.05, 0) is 24.3 Å². The van der Waals surface area contributed by atoms with Crippen LogP contribution in [0, 0.1) is 11.8 Å². The van der Waals surface area contributed by atoms with Gasteiger partial charge in [0.1, 0.15) is 0 Å². The van der Waals surface area contributed by atoms with Gasteiger partial charge < -0.3 is 0 Å². The minimum absolute atomic E-state index is 0.0248. The van der Waals surface area contributed by atoms with Gasteiger partial charge in [0.05, 0.1) is 6.67 Å². The van der Waals surface area contributed by atoms with E-state index in [9.17, 15) is 13.2 Å². The third-order valence-corrected chi connectivity index (χ3v) is 3.01. The van der Waals surface area contributed by atoms with Gasteiger partial charge >= 0.3 is 0 Å². The standard InChI is InChI=1S/C12H21F3/c1-5-6-10(3)12(14,15)11(4)9(2)7-8-13/h9,11H,3,5-8H2,1-2,4H3. The highest BCUT2D eigenvalue weighted by Crippen LogP contribution is 2.38. The first-order valence-electron chi connectivity index (χ1n) is 5.49. The van der Waals surface area contributed by atoms with Crippen LogP contribution >= 0.6 is 0 Å². The molecule has 0 heterocycles. The first kappa shape index (κ1) is 14.5. The number of allylic oxidation sites excluding steroid dienone is 1. The van der Waals surface area contributed by atoms with Crippen LogP contribution in [0.2, 0.25) is 0 Å². The fourth-order valence-corrected chi connectivity index (χ4v) is 1.57. The highest BCUT2D eigenvalue weighted by Gasteiger charge is 2.41. The minimum atomic E-state index is -2.87. The van der Waals surface area contributed by atoms with Crippen LogP contribution in [0.25, 0.3) is 0 Å². The number of hydrogen-bond donors (Lipinski definition) is 0. The number of hydrogen-bond acceptors (Lipinski definition) is 0. The number of rotatable bonds is 7. The topological polar surface area (TPSA) is 0 Å².